The van der Waals surface area contributed by atoms with E-state index in [1.54, 1.807) is 11.3 Å². The largest absolute Gasteiger partial charge is 0.344 e. The molecule has 0 bridgehead atoms. The van der Waals surface area contributed by atoms with Crippen molar-refractivity contribution < 1.29 is 14.4 Å². The highest BCUT2D eigenvalue weighted by Crippen LogP contribution is 2.33. The highest BCUT2D eigenvalue weighted by molar-refractivity contribution is 7.99. The Kier molecular flexibility index (Phi) is 6.38. The Morgan fingerprint density at radius 2 is 1.88 bits per heavy atom. The van der Waals surface area contributed by atoms with E-state index in [0.29, 0.717) is 24.4 Å². The van der Waals surface area contributed by atoms with E-state index in [9.17, 15) is 14.4 Å². The second-order valence-electron chi connectivity index (χ2n) is 8.36. The summed E-state index contributed by atoms with van der Waals surface area (Å²) in [6.45, 7) is 0. The summed E-state index contributed by atoms with van der Waals surface area (Å²) in [5.74, 6) is -0.0801. The van der Waals surface area contributed by atoms with Crippen LogP contribution in [0.4, 0.5) is 4.79 Å². The quantitative estimate of drug-likeness (QED) is 0.384. The summed E-state index contributed by atoms with van der Waals surface area (Å²) >= 11 is 2.86. The lowest BCUT2D eigenvalue weighted by Gasteiger charge is -2.30. The minimum absolute atomic E-state index is 0.0198. The maximum Gasteiger partial charge on any atom is 0.344 e. The van der Waals surface area contributed by atoms with Gasteiger partial charge in [0.1, 0.15) is 11.4 Å². The van der Waals surface area contributed by atoms with E-state index in [4.69, 9.17) is 0 Å². The maximum absolute atomic E-state index is 12.9. The average Bonchev–Trinajstić information content (AvgIpc) is 3.56. The summed E-state index contributed by atoms with van der Waals surface area (Å²) in [5, 5.41) is 14.9. The van der Waals surface area contributed by atoms with Crippen molar-refractivity contribution in [2.45, 2.75) is 49.2 Å². The molecular formula is C23H24N6O3S2. The summed E-state index contributed by atoms with van der Waals surface area (Å²) in [5.41, 5.74) is 2.50. The third kappa shape index (κ3) is 4.45. The molecule has 1 saturated heterocycles. The minimum atomic E-state index is -0.875. The van der Waals surface area contributed by atoms with Crippen LogP contribution in [0.25, 0.3) is 5.69 Å². The molecule has 34 heavy (non-hydrogen) atoms. The predicted octanol–water partition coefficient (Wildman–Crippen LogP) is 3.30. The van der Waals surface area contributed by atoms with Crippen LogP contribution < -0.4 is 10.7 Å². The van der Waals surface area contributed by atoms with Crippen LogP contribution in [0.3, 0.4) is 0 Å². The molecule has 1 aromatic carbocycles. The number of rotatable bonds is 7. The van der Waals surface area contributed by atoms with Gasteiger partial charge in [-0.3, -0.25) is 19.6 Å². The Hall–Kier alpha value is -3.18. The van der Waals surface area contributed by atoms with Crippen molar-refractivity contribution >= 4 is 40.9 Å². The first-order valence-corrected chi connectivity index (χ1v) is 13.0. The first-order chi connectivity index (χ1) is 16.6. The van der Waals surface area contributed by atoms with E-state index >= 15 is 0 Å². The lowest BCUT2D eigenvalue weighted by molar-refractivity contribution is -0.139. The average molecular weight is 497 g/mol. The molecule has 0 radical (unpaired) electrons. The van der Waals surface area contributed by atoms with Gasteiger partial charge in [0, 0.05) is 17.0 Å². The molecule has 1 saturated carbocycles. The molecule has 1 aliphatic carbocycles. The highest BCUT2D eigenvalue weighted by Gasteiger charge is 2.52. The monoisotopic (exact) mass is 496 g/mol. The molecule has 2 N–H and O–H groups in total. The van der Waals surface area contributed by atoms with Gasteiger partial charge in [-0.15, -0.1) is 21.5 Å². The van der Waals surface area contributed by atoms with Gasteiger partial charge >= 0.3 is 6.03 Å². The van der Waals surface area contributed by atoms with E-state index in [0.717, 1.165) is 40.7 Å². The van der Waals surface area contributed by atoms with Crippen LogP contribution in [0.5, 0.6) is 0 Å². The second-order valence-corrected chi connectivity index (χ2v) is 10.3. The van der Waals surface area contributed by atoms with Crippen LogP contribution in [-0.2, 0) is 16.0 Å². The third-order valence-electron chi connectivity index (χ3n) is 6.06. The third-order valence-corrected chi connectivity index (χ3v) is 7.87. The van der Waals surface area contributed by atoms with E-state index < -0.39 is 17.5 Å². The highest BCUT2D eigenvalue weighted by atomic mass is 32.2. The maximum atomic E-state index is 12.9. The molecule has 9 nitrogen and oxygen atoms in total. The normalized spacial score (nSPS) is 17.2. The number of thiophene rings is 1. The molecule has 5 rings (SSSR count). The second kappa shape index (κ2) is 9.59. The molecule has 1 spiro atoms. The molecule has 3 aromatic rings. The summed E-state index contributed by atoms with van der Waals surface area (Å²) in [6.07, 6.45) is 4.64. The van der Waals surface area contributed by atoms with Gasteiger partial charge in [-0.2, -0.15) is 5.01 Å². The summed E-state index contributed by atoms with van der Waals surface area (Å²) in [6, 6.07) is 13.2. The summed E-state index contributed by atoms with van der Waals surface area (Å²) in [7, 11) is 0. The van der Waals surface area contributed by atoms with Crippen molar-refractivity contribution in [1.29, 1.82) is 0 Å². The van der Waals surface area contributed by atoms with Crippen LogP contribution in [0.2, 0.25) is 0 Å². The Labute approximate surface area is 204 Å². The molecule has 2 aliphatic rings. The van der Waals surface area contributed by atoms with Gasteiger partial charge in [-0.05, 0) is 36.4 Å². The van der Waals surface area contributed by atoms with Gasteiger partial charge in [0.05, 0.1) is 5.75 Å². The smallest absolute Gasteiger partial charge is 0.322 e. The number of carbonyl (C=O) groups excluding carboxylic acids is 3. The zero-order valence-electron chi connectivity index (χ0n) is 18.4. The fourth-order valence-electron chi connectivity index (χ4n) is 4.42. The molecule has 0 atom stereocenters. The van der Waals surface area contributed by atoms with Crippen LogP contribution >= 0.6 is 23.1 Å². The fraction of sp³-hybridized carbons (Fsp3) is 0.348. The van der Waals surface area contributed by atoms with Gasteiger partial charge in [-0.25, -0.2) is 4.79 Å². The van der Waals surface area contributed by atoms with Crippen molar-refractivity contribution in [3.63, 3.8) is 0 Å². The summed E-state index contributed by atoms with van der Waals surface area (Å²) in [4.78, 5) is 39.1. The SMILES string of the molecule is O=C(CSc1nnc(Cc2cccs2)n1-c1ccccc1)NN1C(=O)NC2(CCCCC2)C1=O. The number of hydrogen-bond acceptors (Lipinski definition) is 7. The number of aromatic nitrogens is 3. The van der Waals surface area contributed by atoms with Gasteiger partial charge in [0.25, 0.3) is 5.91 Å². The van der Waals surface area contributed by atoms with Crippen molar-refractivity contribution in [3.05, 3.63) is 58.5 Å². The van der Waals surface area contributed by atoms with Crippen LogP contribution in [0.15, 0.2) is 53.0 Å². The number of nitrogens with zero attached hydrogens (tertiary/aromatic N) is 4. The van der Waals surface area contributed by atoms with Crippen LogP contribution in [0, 0.1) is 0 Å². The number of amides is 4. The zero-order valence-corrected chi connectivity index (χ0v) is 20.0. The Morgan fingerprint density at radius 1 is 1.09 bits per heavy atom. The van der Waals surface area contributed by atoms with Crippen molar-refractivity contribution in [3.8, 4) is 5.69 Å². The van der Waals surface area contributed by atoms with Gasteiger partial charge < -0.3 is 5.32 Å². The van der Waals surface area contributed by atoms with Gasteiger partial charge in [-0.1, -0.05) is 55.3 Å². The molecule has 176 valence electrons. The van der Waals surface area contributed by atoms with Crippen LogP contribution in [-0.4, -0.2) is 48.9 Å². The molecule has 2 fully saturated rings. The summed E-state index contributed by atoms with van der Waals surface area (Å²) < 4.78 is 1.93. The Balaban J connectivity index is 1.28. The molecule has 2 aromatic heterocycles. The predicted molar refractivity (Wildman–Crippen MR) is 129 cm³/mol. The van der Waals surface area contributed by atoms with E-state index in [-0.39, 0.29) is 11.7 Å². The van der Waals surface area contributed by atoms with Crippen molar-refractivity contribution in [1.82, 2.24) is 30.5 Å². The lowest BCUT2D eigenvalue weighted by atomic mass is 9.82. The molecule has 3 heterocycles. The first kappa shape index (κ1) is 22.6. The zero-order chi connectivity index (χ0) is 23.5. The minimum Gasteiger partial charge on any atom is -0.322 e. The van der Waals surface area contributed by atoms with Gasteiger partial charge in [0.15, 0.2) is 5.16 Å². The number of hydrazine groups is 1. The van der Waals surface area contributed by atoms with E-state index in [1.807, 2.05) is 52.4 Å². The number of carbonyl (C=O) groups is 3. The van der Waals surface area contributed by atoms with Crippen molar-refractivity contribution in [2.75, 3.05) is 5.75 Å². The number of imide groups is 1. The molecule has 4 amide bonds. The first-order valence-electron chi connectivity index (χ1n) is 11.2. The van der Waals surface area contributed by atoms with E-state index in [1.165, 1.54) is 11.8 Å². The number of benzene rings is 1. The molecule has 0 unspecified atom stereocenters. The molecule has 11 heteroatoms. The topological polar surface area (TPSA) is 109 Å². The number of hydrogen-bond donors (Lipinski definition) is 2. The fourth-order valence-corrected chi connectivity index (χ4v) is 5.88. The number of para-hydroxylation sites is 1. The van der Waals surface area contributed by atoms with Gasteiger partial charge in [0.2, 0.25) is 5.91 Å². The molecule has 1 aliphatic heterocycles. The van der Waals surface area contributed by atoms with E-state index in [2.05, 4.69) is 20.9 Å². The Morgan fingerprint density at radius 3 is 2.62 bits per heavy atom. The lowest BCUT2D eigenvalue weighted by Crippen LogP contribution is -2.51. The number of thioether (sulfide) groups is 1. The number of nitrogens with one attached hydrogen (secondary N) is 2. The van der Waals surface area contributed by atoms with Crippen LogP contribution in [0.1, 0.15) is 42.8 Å². The molecular weight excluding hydrogens is 472 g/mol. The van der Waals surface area contributed by atoms with Crippen molar-refractivity contribution in [2.24, 2.45) is 0 Å². The Bertz CT molecular complexity index is 1190. The standard InChI is InChI=1S/C23H24N6O3S2/c30-19(27-29-20(31)23(24-21(29)32)11-5-2-6-12-23)15-34-22-26-25-18(14-17-10-7-13-33-17)28(22)16-8-3-1-4-9-16/h1,3-4,7-10,13H,2,5-6,11-12,14-15H2,(H,24,32)(H,27,30). The number of urea groups is 1.